The monoisotopic (exact) mass is 740 g/mol. The number of amides is 1. The fourth-order valence-electron chi connectivity index (χ4n) is 5.19. The van der Waals surface area contributed by atoms with Crippen molar-refractivity contribution in [2.45, 2.75) is 55.8 Å². The average molecular weight is 741 g/mol. The van der Waals surface area contributed by atoms with E-state index >= 15 is 4.39 Å². The van der Waals surface area contributed by atoms with Gasteiger partial charge in [-0.05, 0) is 23.4 Å². The standard InChI is InChI=1S/C30H31F7N4O6S2/c1-16(43)40-49(45,46)27-11-25(47-29(33)34)24(10-20(27)31)38-8-3-6-26-19(12-30(35,36)37)18-4-2-5-23(28(18)48-26)39-22-7-9-41(14-21(22)32)13-17(44)15-42/h2,4-5,10-11,17,21-22,29,38-39,42,44H,7-9,12-15H2,1H3,(H,40,43). The number of ether oxygens (including phenoxy) is 1. The minimum Gasteiger partial charge on any atom is -0.433 e. The van der Waals surface area contributed by atoms with E-state index in [1.54, 1.807) is 11.0 Å². The number of hydrogen-bond donors (Lipinski definition) is 5. The van der Waals surface area contributed by atoms with Gasteiger partial charge in [0, 0.05) is 38.7 Å². The Morgan fingerprint density at radius 3 is 2.59 bits per heavy atom. The first kappa shape index (κ1) is 38.0. The average Bonchev–Trinajstić information content (AvgIpc) is 3.33. The first-order chi connectivity index (χ1) is 23.0. The van der Waals surface area contributed by atoms with Gasteiger partial charge in [-0.2, -0.15) is 22.0 Å². The third-order valence-corrected chi connectivity index (χ3v) is 9.87. The highest BCUT2D eigenvalue weighted by molar-refractivity contribution is 7.90. The van der Waals surface area contributed by atoms with Crippen molar-refractivity contribution in [3.8, 4) is 17.6 Å². The van der Waals surface area contributed by atoms with Gasteiger partial charge in [0.05, 0.1) is 52.7 Å². The fraction of sp³-hybridized carbons (Fsp3) is 0.433. The molecular formula is C30H31F7N4O6S2. The number of carbonyl (C=O) groups is 1. The summed E-state index contributed by atoms with van der Waals surface area (Å²) in [6.45, 7) is -3.06. The Morgan fingerprint density at radius 2 is 1.96 bits per heavy atom. The van der Waals surface area contributed by atoms with Crippen LogP contribution < -0.4 is 20.1 Å². The van der Waals surface area contributed by atoms with Gasteiger partial charge < -0.3 is 25.6 Å². The topological polar surface area (TPSA) is 140 Å². The second-order valence-corrected chi connectivity index (χ2v) is 13.7. The fourth-order valence-corrected chi connectivity index (χ4v) is 7.43. The van der Waals surface area contributed by atoms with Crippen molar-refractivity contribution < 1.29 is 58.9 Å². The van der Waals surface area contributed by atoms with E-state index < -0.39 is 88.8 Å². The largest absolute Gasteiger partial charge is 0.433 e. The van der Waals surface area contributed by atoms with Gasteiger partial charge in [0.25, 0.3) is 10.0 Å². The quantitative estimate of drug-likeness (QED) is 0.137. The van der Waals surface area contributed by atoms with Gasteiger partial charge in [0.2, 0.25) is 5.91 Å². The molecule has 1 saturated heterocycles. The number of β-amino-alcohol motifs (C(OH)–C–C–N with tert-alkyl or cyclic N) is 1. The van der Waals surface area contributed by atoms with Gasteiger partial charge >= 0.3 is 12.8 Å². The maximum atomic E-state index is 15.1. The van der Waals surface area contributed by atoms with Crippen molar-refractivity contribution in [1.82, 2.24) is 9.62 Å². The summed E-state index contributed by atoms with van der Waals surface area (Å²) in [6.07, 6.45) is -8.06. The van der Waals surface area contributed by atoms with E-state index in [4.69, 9.17) is 5.11 Å². The van der Waals surface area contributed by atoms with Crippen molar-refractivity contribution in [1.29, 1.82) is 0 Å². The third kappa shape index (κ3) is 10.1. The van der Waals surface area contributed by atoms with Crippen LogP contribution in [-0.4, -0.2) is 93.3 Å². The molecule has 0 bridgehead atoms. The number of piperidine rings is 1. The van der Waals surface area contributed by atoms with Crippen LogP contribution in [0.2, 0.25) is 0 Å². The Labute approximate surface area is 280 Å². The number of aliphatic hydroxyl groups excluding tert-OH is 2. The van der Waals surface area contributed by atoms with Crippen LogP contribution in [0.1, 0.15) is 23.8 Å². The van der Waals surface area contributed by atoms with Gasteiger partial charge in [-0.3, -0.25) is 9.69 Å². The molecule has 2 heterocycles. The van der Waals surface area contributed by atoms with Crippen LogP contribution in [-0.2, 0) is 21.2 Å². The lowest BCUT2D eigenvalue weighted by Gasteiger charge is -2.36. The molecule has 49 heavy (non-hydrogen) atoms. The highest BCUT2D eigenvalue weighted by Crippen LogP contribution is 2.40. The Hall–Kier alpha value is -3.83. The number of sulfonamides is 1. The first-order valence-corrected chi connectivity index (χ1v) is 16.8. The number of benzene rings is 2. The number of nitrogens with zero attached hydrogens (tertiary/aromatic N) is 1. The summed E-state index contributed by atoms with van der Waals surface area (Å²) in [5, 5.41) is 24.5. The maximum absolute atomic E-state index is 15.1. The summed E-state index contributed by atoms with van der Waals surface area (Å²) in [6, 6.07) is 4.86. The van der Waals surface area contributed by atoms with E-state index in [-0.39, 0.29) is 28.9 Å². The number of carbonyl (C=O) groups excluding carboxylic acids is 1. The number of hydrogen-bond acceptors (Lipinski definition) is 10. The Morgan fingerprint density at radius 1 is 1.22 bits per heavy atom. The molecule has 1 aromatic heterocycles. The first-order valence-electron chi connectivity index (χ1n) is 14.5. The zero-order valence-corrected chi connectivity index (χ0v) is 27.2. The van der Waals surface area contributed by atoms with Crippen molar-refractivity contribution in [3.63, 3.8) is 0 Å². The predicted octanol–water partition coefficient (Wildman–Crippen LogP) is 4.21. The highest BCUT2D eigenvalue weighted by Gasteiger charge is 2.33. The van der Waals surface area contributed by atoms with Crippen molar-refractivity contribution >= 4 is 48.7 Å². The molecule has 4 rings (SSSR count). The Balaban J connectivity index is 1.60. The summed E-state index contributed by atoms with van der Waals surface area (Å²) in [5.74, 6) is 1.89. The summed E-state index contributed by atoms with van der Waals surface area (Å²) < 4.78 is 128. The van der Waals surface area contributed by atoms with Gasteiger partial charge in [0.15, 0.2) is 5.75 Å². The summed E-state index contributed by atoms with van der Waals surface area (Å²) in [4.78, 5) is 11.7. The molecule has 1 amide bonds. The van der Waals surface area contributed by atoms with Crippen LogP contribution >= 0.6 is 11.3 Å². The highest BCUT2D eigenvalue weighted by atomic mass is 32.2. The number of aliphatic hydroxyl groups is 2. The molecule has 0 spiro atoms. The van der Waals surface area contributed by atoms with E-state index in [0.29, 0.717) is 35.5 Å². The van der Waals surface area contributed by atoms with Crippen LogP contribution in [0.25, 0.3) is 10.1 Å². The molecule has 1 aliphatic heterocycles. The molecule has 2 aromatic carbocycles. The van der Waals surface area contributed by atoms with Crippen LogP contribution in [0.5, 0.6) is 5.75 Å². The van der Waals surface area contributed by atoms with E-state index in [1.165, 1.54) is 16.9 Å². The van der Waals surface area contributed by atoms with Gasteiger partial charge in [-0.25, -0.2) is 21.9 Å². The maximum Gasteiger partial charge on any atom is 0.393 e. The van der Waals surface area contributed by atoms with Crippen molar-refractivity contribution in [2.75, 3.05) is 43.4 Å². The Bertz CT molecular complexity index is 1830. The van der Waals surface area contributed by atoms with E-state index in [9.17, 15) is 44.7 Å². The number of anilines is 2. The van der Waals surface area contributed by atoms with E-state index in [0.717, 1.165) is 18.3 Å². The Kier molecular flexibility index (Phi) is 12.2. The molecule has 1 fully saturated rings. The minimum atomic E-state index is -4.77. The van der Waals surface area contributed by atoms with Crippen LogP contribution in [0, 0.1) is 17.7 Å². The number of halogens is 7. The lowest BCUT2D eigenvalue weighted by Crippen LogP contribution is -2.50. The molecule has 0 radical (unpaired) electrons. The molecule has 3 unspecified atom stereocenters. The molecule has 19 heteroatoms. The van der Waals surface area contributed by atoms with Crippen molar-refractivity contribution in [2.24, 2.45) is 0 Å². The van der Waals surface area contributed by atoms with E-state index in [1.807, 2.05) is 0 Å². The van der Waals surface area contributed by atoms with E-state index in [2.05, 4.69) is 27.2 Å². The number of likely N-dealkylation sites (tertiary alicyclic amines) is 1. The molecule has 268 valence electrons. The molecule has 0 aliphatic carbocycles. The summed E-state index contributed by atoms with van der Waals surface area (Å²) in [5.41, 5.74) is -0.217. The van der Waals surface area contributed by atoms with Crippen LogP contribution in [0.4, 0.5) is 42.1 Å². The number of rotatable bonds is 12. The zero-order chi connectivity index (χ0) is 36.1. The molecule has 0 saturated carbocycles. The van der Waals surface area contributed by atoms with Gasteiger partial charge in [-0.15, -0.1) is 11.3 Å². The second-order valence-electron chi connectivity index (χ2n) is 11.0. The van der Waals surface area contributed by atoms with Crippen LogP contribution in [0.3, 0.4) is 0 Å². The SMILES string of the molecule is CC(=O)NS(=O)(=O)c1cc(OC(F)F)c(NCC#Cc2sc3c(NC4CCN(CC(O)CO)CC4F)cccc3c2CC(F)(F)F)cc1F. The zero-order valence-electron chi connectivity index (χ0n) is 25.6. The lowest BCUT2D eigenvalue weighted by molar-refractivity contribution is -0.127. The number of alkyl halides is 6. The van der Waals surface area contributed by atoms with Gasteiger partial charge in [0.1, 0.15) is 16.9 Å². The van der Waals surface area contributed by atoms with Crippen molar-refractivity contribution in [3.05, 3.63) is 46.6 Å². The predicted molar refractivity (Wildman–Crippen MR) is 167 cm³/mol. The number of fused-ring (bicyclic) bond motifs is 1. The summed E-state index contributed by atoms with van der Waals surface area (Å²) in [7, 11) is -4.77. The second kappa shape index (κ2) is 15.8. The number of nitrogens with one attached hydrogen (secondary N) is 3. The smallest absolute Gasteiger partial charge is 0.393 e. The summed E-state index contributed by atoms with van der Waals surface area (Å²) >= 11 is 0.920. The molecule has 10 nitrogen and oxygen atoms in total. The molecule has 1 aliphatic rings. The number of thiophene rings is 1. The third-order valence-electron chi connectivity index (χ3n) is 7.23. The minimum absolute atomic E-state index is 0.0139. The van der Waals surface area contributed by atoms with Gasteiger partial charge in [-0.1, -0.05) is 24.0 Å². The molecule has 5 N–H and O–H groups in total. The molecule has 3 atom stereocenters. The normalized spacial score (nSPS) is 17.8. The van der Waals surface area contributed by atoms with Crippen LogP contribution in [0.15, 0.2) is 35.2 Å². The molecular weight excluding hydrogens is 709 g/mol. The molecule has 3 aromatic rings. The lowest BCUT2D eigenvalue weighted by atomic mass is 10.0.